The number of aliphatic carboxylic acids is 5. The number of nitrogens with one attached hydrogen (secondary N) is 3. The van der Waals surface area contributed by atoms with E-state index in [0.717, 1.165) is 51.4 Å². The maximum atomic E-state index is 12.2. The Morgan fingerprint density at radius 2 is 1.02 bits per heavy atom. The van der Waals surface area contributed by atoms with Crippen LogP contribution in [-0.2, 0) is 89.8 Å². The molecule has 0 saturated heterocycles. The summed E-state index contributed by atoms with van der Waals surface area (Å²) in [6, 6.07) is -3.81. The van der Waals surface area contributed by atoms with Gasteiger partial charge in [0, 0.05) is 64.6 Å². The summed E-state index contributed by atoms with van der Waals surface area (Å²) in [4.78, 5) is 114. The molecule has 0 aliphatic heterocycles. The van der Waals surface area contributed by atoms with Gasteiger partial charge in [-0.15, -0.1) is 0 Å². The van der Waals surface area contributed by atoms with Crippen molar-refractivity contribution in [3.63, 3.8) is 0 Å². The Hall–Kier alpha value is -5.86. The molecule has 2 heterocycles. The topological polar surface area (TPSA) is 347 Å². The predicted molar refractivity (Wildman–Crippen MR) is 214 cm³/mol. The van der Waals surface area contributed by atoms with Gasteiger partial charge in [0.1, 0.15) is 36.8 Å². The molecule has 0 aliphatic carbocycles. The van der Waals surface area contributed by atoms with Gasteiger partial charge in [-0.3, -0.25) is 44.4 Å². The molecule has 3 amide bonds. The SMILES string of the molecule is O=C(O)CC[C@H](NC(=O)N[C@@H](CCCCNC(=O)CCCCCCCCCCN(Cc1nccn1CC(=O)O)Cc1nccn1CC(=O)O)C(=O)O)C(=O)O.[CH-]=O.[CH-]=O.[CH-]=O.[Re]. The zero-order chi connectivity index (χ0) is 46.6. The summed E-state index contributed by atoms with van der Waals surface area (Å²) in [5.74, 6) is -4.83. The largest absolute Gasteiger partial charge is 0.545 e. The molecule has 1 radical (unpaired) electrons. The Morgan fingerprint density at radius 1 is 0.581 bits per heavy atom. The van der Waals surface area contributed by atoms with Crippen molar-refractivity contribution in [2.75, 3.05) is 13.1 Å². The van der Waals surface area contributed by atoms with Crippen LogP contribution in [-0.4, -0.2) is 137 Å². The number of carbonyl (C=O) groups excluding carboxylic acids is 5. The van der Waals surface area contributed by atoms with Crippen LogP contribution in [0.15, 0.2) is 24.8 Å². The quantitative estimate of drug-likeness (QED) is 0.0300. The number of urea groups is 1. The minimum absolute atomic E-state index is 0. The van der Waals surface area contributed by atoms with Gasteiger partial charge in [-0.05, 0) is 45.1 Å². The number of hydrogen-bond acceptors (Lipinski definition) is 13. The average molecular weight is 1050 g/mol. The molecule has 0 fully saturated rings. The molecule has 2 aromatic rings. The second kappa shape index (κ2) is 38.1. The van der Waals surface area contributed by atoms with Gasteiger partial charge < -0.3 is 65.0 Å². The summed E-state index contributed by atoms with van der Waals surface area (Å²) >= 11 is 0. The van der Waals surface area contributed by atoms with Crippen molar-refractivity contribution in [3.05, 3.63) is 36.4 Å². The Labute approximate surface area is 372 Å². The van der Waals surface area contributed by atoms with E-state index in [0.29, 0.717) is 57.1 Å². The van der Waals surface area contributed by atoms with Crippen LogP contribution in [0.2, 0.25) is 0 Å². The molecule has 62 heavy (non-hydrogen) atoms. The molecular weight excluding hydrogens is 995 g/mol. The van der Waals surface area contributed by atoms with Crippen LogP contribution >= 0.6 is 0 Å². The molecule has 23 nitrogen and oxygen atoms in total. The molecule has 2 aromatic heterocycles. The Kier molecular flexibility index (Phi) is 37.1. The summed E-state index contributed by atoms with van der Waals surface area (Å²) in [6.45, 7) is 11.1. The van der Waals surface area contributed by atoms with Gasteiger partial charge in [0.2, 0.25) is 5.91 Å². The van der Waals surface area contributed by atoms with Gasteiger partial charge in [0.25, 0.3) is 0 Å². The van der Waals surface area contributed by atoms with Gasteiger partial charge in [0.15, 0.2) is 0 Å². The molecule has 0 aromatic carbocycles. The molecular formula is C38H57N8O15Re-3. The first-order valence-electron chi connectivity index (χ1n) is 19.1. The number of carboxylic acid groups (broad SMARTS) is 5. The van der Waals surface area contributed by atoms with Crippen molar-refractivity contribution in [3.8, 4) is 0 Å². The second-order valence-corrected chi connectivity index (χ2v) is 13.2. The summed E-state index contributed by atoms with van der Waals surface area (Å²) in [6.07, 6.45) is 14.3. The number of imidazole rings is 2. The first kappa shape index (κ1) is 60.4. The van der Waals surface area contributed by atoms with E-state index in [1.807, 2.05) is 0 Å². The van der Waals surface area contributed by atoms with E-state index >= 15 is 0 Å². The van der Waals surface area contributed by atoms with Crippen molar-refractivity contribution < 1.29 is 93.9 Å². The molecule has 349 valence electrons. The fraction of sp³-hybridized carbons (Fsp3) is 0.579. The number of aromatic nitrogens is 4. The molecule has 0 bridgehead atoms. The molecule has 24 heteroatoms. The number of carboxylic acids is 5. The average Bonchev–Trinajstić information content (AvgIpc) is 3.85. The van der Waals surface area contributed by atoms with Crippen molar-refractivity contribution in [1.29, 1.82) is 0 Å². The van der Waals surface area contributed by atoms with Crippen LogP contribution in [0.25, 0.3) is 0 Å². The minimum atomic E-state index is -1.48. The number of rotatable bonds is 31. The van der Waals surface area contributed by atoms with Crippen LogP contribution in [0.3, 0.4) is 0 Å². The first-order chi connectivity index (χ1) is 29.2. The standard InChI is InChI=1S/C35H54N8O12.3CHO.Re/c44-29(38-15-9-8-11-25(33(51)52)39-35(55)40-26(34(53)54)13-14-30(45)46)12-7-5-3-1-2-4-6-10-18-41(21-27-36-16-19-42(27)23-31(47)48)22-28-37-17-20-43(28)24-32(49)50;3*1-2;/h16-17,19-20,25-26H,1-15,18,21-24H2,(H,38,44)(H,45,46)(H,47,48)(H,49,50)(H,51,52)(H,53,54)(H2,39,40,55);3*1H;/q;3*-1;/t25-,26-;;;;/m0..../s1. The summed E-state index contributed by atoms with van der Waals surface area (Å²) < 4.78 is 3.15. The molecule has 0 saturated carbocycles. The van der Waals surface area contributed by atoms with E-state index in [1.54, 1.807) is 33.9 Å². The van der Waals surface area contributed by atoms with E-state index in [9.17, 15) is 48.9 Å². The third-order valence-electron chi connectivity index (χ3n) is 8.67. The summed E-state index contributed by atoms with van der Waals surface area (Å²) in [5, 5.41) is 52.8. The number of hydrogen-bond donors (Lipinski definition) is 8. The molecule has 0 spiro atoms. The van der Waals surface area contributed by atoms with Crippen LogP contribution < -0.4 is 16.0 Å². The smallest absolute Gasteiger partial charge is 0.326 e. The van der Waals surface area contributed by atoms with E-state index in [1.165, 1.54) is 0 Å². The van der Waals surface area contributed by atoms with E-state index in [4.69, 9.17) is 24.6 Å². The fourth-order valence-corrected chi connectivity index (χ4v) is 5.79. The number of nitrogens with zero attached hydrogens (tertiary/aromatic N) is 5. The molecule has 2 rings (SSSR count). The zero-order valence-corrected chi connectivity index (χ0v) is 37.0. The van der Waals surface area contributed by atoms with Gasteiger partial charge in [-0.25, -0.2) is 24.4 Å². The zero-order valence-electron chi connectivity index (χ0n) is 34.3. The van der Waals surface area contributed by atoms with E-state index in [-0.39, 0.29) is 52.3 Å². The Balaban J connectivity index is -0.00000475. The monoisotopic (exact) mass is 1050 g/mol. The van der Waals surface area contributed by atoms with E-state index in [2.05, 4.69) is 51.2 Å². The molecule has 0 unspecified atom stereocenters. The fourth-order valence-electron chi connectivity index (χ4n) is 5.79. The van der Waals surface area contributed by atoms with Gasteiger partial charge >= 0.3 is 35.9 Å². The molecule has 8 N–H and O–H groups in total. The summed E-state index contributed by atoms with van der Waals surface area (Å²) in [7, 11) is 0. The normalized spacial score (nSPS) is 11.0. The first-order valence-corrected chi connectivity index (χ1v) is 19.1. The van der Waals surface area contributed by atoms with Crippen LogP contribution in [0, 0.1) is 0 Å². The number of amides is 3. The van der Waals surface area contributed by atoms with Crippen LogP contribution in [0.1, 0.15) is 102 Å². The van der Waals surface area contributed by atoms with Gasteiger partial charge in [-0.2, -0.15) is 0 Å². The molecule has 0 aliphatic rings. The molecule has 2 atom stereocenters. The maximum Gasteiger partial charge on any atom is 0.326 e. The third kappa shape index (κ3) is 29.4. The maximum absolute atomic E-state index is 12.2. The van der Waals surface area contributed by atoms with Crippen molar-refractivity contribution in [2.45, 2.75) is 128 Å². The van der Waals surface area contributed by atoms with Crippen molar-refractivity contribution >= 4 is 62.2 Å². The van der Waals surface area contributed by atoms with Gasteiger partial charge in [0.05, 0.1) is 13.1 Å². The Bertz CT molecular complexity index is 1550. The number of carbonyl (C=O) groups is 7. The predicted octanol–water partition coefficient (Wildman–Crippen LogP) is 1.29. The Morgan fingerprint density at radius 3 is 1.45 bits per heavy atom. The third-order valence-corrected chi connectivity index (χ3v) is 8.67. The van der Waals surface area contributed by atoms with Crippen molar-refractivity contribution in [2.24, 2.45) is 0 Å². The van der Waals surface area contributed by atoms with Crippen LogP contribution in [0.4, 0.5) is 4.79 Å². The summed E-state index contributed by atoms with van der Waals surface area (Å²) in [5.41, 5.74) is 0. The van der Waals surface area contributed by atoms with Crippen molar-refractivity contribution in [1.82, 2.24) is 40.0 Å². The minimum Gasteiger partial charge on any atom is -0.545 e. The number of unbranched alkanes of at least 4 members (excludes halogenated alkanes) is 8. The van der Waals surface area contributed by atoms with Gasteiger partial charge in [-0.1, -0.05) is 38.5 Å². The van der Waals surface area contributed by atoms with Crippen LogP contribution in [0.5, 0.6) is 0 Å². The second-order valence-electron chi connectivity index (χ2n) is 13.2. The van der Waals surface area contributed by atoms with E-state index < -0.39 is 54.4 Å².